The van der Waals surface area contributed by atoms with E-state index in [0.717, 1.165) is 45.1 Å². The number of hydrogen-bond acceptors (Lipinski definition) is 4. The summed E-state index contributed by atoms with van der Waals surface area (Å²) in [4.78, 5) is 16.8. The highest BCUT2D eigenvalue weighted by Gasteiger charge is 2.36. The Morgan fingerprint density at radius 2 is 1.83 bits per heavy atom. The summed E-state index contributed by atoms with van der Waals surface area (Å²) in [5.41, 5.74) is 5.58. The molecule has 0 aromatic carbocycles. The molecular formula is C13H23N3O2. The second-order valence-corrected chi connectivity index (χ2v) is 5.65. The zero-order chi connectivity index (χ0) is 12.5. The van der Waals surface area contributed by atoms with Gasteiger partial charge < -0.3 is 15.4 Å². The fourth-order valence-corrected chi connectivity index (χ4v) is 3.01. The van der Waals surface area contributed by atoms with E-state index in [-0.39, 0.29) is 18.1 Å². The first-order chi connectivity index (χ1) is 8.78. The fraction of sp³-hybridized carbons (Fsp3) is 0.923. The van der Waals surface area contributed by atoms with Crippen LogP contribution >= 0.6 is 0 Å². The first kappa shape index (κ1) is 12.4. The van der Waals surface area contributed by atoms with Gasteiger partial charge in [0.05, 0.1) is 6.10 Å². The smallest absolute Gasteiger partial charge is 0.251 e. The normalized spacial score (nSPS) is 33.9. The molecule has 1 amide bonds. The van der Waals surface area contributed by atoms with Crippen LogP contribution in [0.3, 0.4) is 0 Å². The predicted octanol–water partition coefficient (Wildman–Crippen LogP) is -0.201. The summed E-state index contributed by atoms with van der Waals surface area (Å²) in [5, 5.41) is 0. The number of amides is 1. The fourth-order valence-electron chi connectivity index (χ4n) is 3.01. The van der Waals surface area contributed by atoms with Crippen molar-refractivity contribution >= 4 is 5.91 Å². The molecule has 0 spiro atoms. The van der Waals surface area contributed by atoms with Crippen LogP contribution in [-0.2, 0) is 9.53 Å². The van der Waals surface area contributed by atoms with Gasteiger partial charge in [0, 0.05) is 38.8 Å². The third-order valence-corrected chi connectivity index (χ3v) is 4.34. The molecule has 0 aromatic heterocycles. The predicted molar refractivity (Wildman–Crippen MR) is 68.1 cm³/mol. The van der Waals surface area contributed by atoms with Crippen molar-refractivity contribution in [2.75, 3.05) is 32.7 Å². The van der Waals surface area contributed by atoms with Crippen LogP contribution in [0.4, 0.5) is 0 Å². The van der Waals surface area contributed by atoms with Gasteiger partial charge in [0.25, 0.3) is 5.91 Å². The molecule has 2 aliphatic heterocycles. The van der Waals surface area contributed by atoms with Gasteiger partial charge in [-0.2, -0.15) is 0 Å². The van der Waals surface area contributed by atoms with Crippen molar-refractivity contribution in [3.8, 4) is 0 Å². The number of ether oxygens (including phenoxy) is 1. The third-order valence-electron chi connectivity index (χ3n) is 4.34. The number of piperazine rings is 1. The van der Waals surface area contributed by atoms with Gasteiger partial charge in [0.1, 0.15) is 6.10 Å². The van der Waals surface area contributed by atoms with Gasteiger partial charge in [0.2, 0.25) is 0 Å². The lowest BCUT2D eigenvalue weighted by Gasteiger charge is -2.35. The molecule has 1 saturated carbocycles. The lowest BCUT2D eigenvalue weighted by Crippen LogP contribution is -2.52. The molecule has 2 unspecified atom stereocenters. The lowest BCUT2D eigenvalue weighted by molar-refractivity contribution is -0.144. The van der Waals surface area contributed by atoms with Crippen molar-refractivity contribution in [1.29, 1.82) is 0 Å². The largest absolute Gasteiger partial charge is 0.364 e. The van der Waals surface area contributed by atoms with Gasteiger partial charge in [-0.05, 0) is 25.7 Å². The molecule has 2 heterocycles. The number of nitrogens with zero attached hydrogens (tertiary/aromatic N) is 2. The van der Waals surface area contributed by atoms with E-state index in [0.29, 0.717) is 6.54 Å². The van der Waals surface area contributed by atoms with Crippen LogP contribution in [0.25, 0.3) is 0 Å². The number of nitrogens with two attached hydrogens (primary N) is 1. The molecule has 5 heteroatoms. The number of carbonyl (C=O) groups is 1. The summed E-state index contributed by atoms with van der Waals surface area (Å²) in [6, 6.07) is 0.812. The van der Waals surface area contributed by atoms with E-state index >= 15 is 0 Å². The van der Waals surface area contributed by atoms with E-state index < -0.39 is 0 Å². The summed E-state index contributed by atoms with van der Waals surface area (Å²) in [6.07, 6.45) is 4.31. The average molecular weight is 253 g/mol. The van der Waals surface area contributed by atoms with Crippen LogP contribution in [0.1, 0.15) is 25.7 Å². The minimum absolute atomic E-state index is 0.0895. The quantitative estimate of drug-likeness (QED) is 0.757. The van der Waals surface area contributed by atoms with E-state index in [9.17, 15) is 4.79 Å². The molecule has 0 aromatic rings. The first-order valence-corrected chi connectivity index (χ1v) is 7.16. The van der Waals surface area contributed by atoms with Crippen molar-refractivity contribution < 1.29 is 9.53 Å². The molecule has 3 aliphatic rings. The van der Waals surface area contributed by atoms with E-state index in [4.69, 9.17) is 10.5 Å². The maximum Gasteiger partial charge on any atom is 0.251 e. The van der Waals surface area contributed by atoms with Crippen LogP contribution in [0.2, 0.25) is 0 Å². The van der Waals surface area contributed by atoms with Gasteiger partial charge in [-0.15, -0.1) is 0 Å². The first-order valence-electron chi connectivity index (χ1n) is 7.16. The molecule has 102 valence electrons. The lowest BCUT2D eigenvalue weighted by atomic mass is 10.1. The summed E-state index contributed by atoms with van der Waals surface area (Å²) in [6.45, 7) is 4.32. The monoisotopic (exact) mass is 253 g/mol. The minimum Gasteiger partial charge on any atom is -0.364 e. The molecule has 2 atom stereocenters. The molecule has 18 heavy (non-hydrogen) atoms. The van der Waals surface area contributed by atoms with E-state index in [1.165, 1.54) is 12.8 Å². The van der Waals surface area contributed by atoms with Crippen LogP contribution in [-0.4, -0.2) is 66.7 Å². The van der Waals surface area contributed by atoms with Gasteiger partial charge in [0.15, 0.2) is 0 Å². The van der Waals surface area contributed by atoms with E-state index in [1.54, 1.807) is 0 Å². The van der Waals surface area contributed by atoms with E-state index in [2.05, 4.69) is 4.90 Å². The summed E-state index contributed by atoms with van der Waals surface area (Å²) >= 11 is 0. The summed E-state index contributed by atoms with van der Waals surface area (Å²) < 4.78 is 5.68. The van der Waals surface area contributed by atoms with Gasteiger partial charge in [-0.25, -0.2) is 0 Å². The maximum atomic E-state index is 12.3. The SMILES string of the molecule is NCC1CCC(C(=O)N2CCN(C3CC3)CC2)O1. The van der Waals surface area contributed by atoms with Crippen LogP contribution in [0.15, 0.2) is 0 Å². The Bertz CT molecular complexity index is 311. The van der Waals surface area contributed by atoms with Crippen molar-refractivity contribution in [3.05, 3.63) is 0 Å². The Labute approximate surface area is 108 Å². The highest BCUT2D eigenvalue weighted by Crippen LogP contribution is 2.28. The number of carbonyl (C=O) groups excluding carboxylic acids is 1. The van der Waals surface area contributed by atoms with Crippen molar-refractivity contribution in [1.82, 2.24) is 9.80 Å². The minimum atomic E-state index is -0.231. The van der Waals surface area contributed by atoms with Gasteiger partial charge >= 0.3 is 0 Å². The van der Waals surface area contributed by atoms with Gasteiger partial charge in [-0.3, -0.25) is 9.69 Å². The highest BCUT2D eigenvalue weighted by molar-refractivity contribution is 5.81. The molecule has 3 fully saturated rings. The standard InChI is InChI=1S/C13H23N3O2/c14-9-11-3-4-12(18-11)13(17)16-7-5-15(6-8-16)10-1-2-10/h10-12H,1-9,14H2. The molecule has 3 rings (SSSR count). The average Bonchev–Trinajstić information content (AvgIpc) is 3.16. The van der Waals surface area contributed by atoms with E-state index in [1.807, 2.05) is 4.90 Å². The van der Waals surface area contributed by atoms with Crippen LogP contribution in [0, 0.1) is 0 Å². The molecule has 5 nitrogen and oxygen atoms in total. The zero-order valence-electron chi connectivity index (χ0n) is 10.9. The van der Waals surface area contributed by atoms with Crippen LogP contribution < -0.4 is 5.73 Å². The Morgan fingerprint density at radius 1 is 1.11 bits per heavy atom. The number of rotatable bonds is 3. The van der Waals surface area contributed by atoms with Crippen molar-refractivity contribution in [2.24, 2.45) is 5.73 Å². The van der Waals surface area contributed by atoms with Gasteiger partial charge in [-0.1, -0.05) is 0 Å². The Hall–Kier alpha value is -0.650. The number of hydrogen-bond donors (Lipinski definition) is 1. The Morgan fingerprint density at radius 3 is 2.39 bits per heavy atom. The Kier molecular flexibility index (Phi) is 3.54. The highest BCUT2D eigenvalue weighted by atomic mass is 16.5. The van der Waals surface area contributed by atoms with Crippen LogP contribution in [0.5, 0.6) is 0 Å². The molecule has 0 bridgehead atoms. The zero-order valence-corrected chi connectivity index (χ0v) is 10.9. The molecule has 2 N–H and O–H groups in total. The third kappa shape index (κ3) is 2.53. The molecule has 2 saturated heterocycles. The van der Waals surface area contributed by atoms with Crippen molar-refractivity contribution in [3.63, 3.8) is 0 Å². The summed E-state index contributed by atoms with van der Waals surface area (Å²) in [7, 11) is 0. The topological polar surface area (TPSA) is 58.8 Å². The second-order valence-electron chi connectivity index (χ2n) is 5.65. The second kappa shape index (κ2) is 5.15. The summed E-state index contributed by atoms with van der Waals surface area (Å²) in [5.74, 6) is 0.182. The Balaban J connectivity index is 1.48. The molecular weight excluding hydrogens is 230 g/mol. The van der Waals surface area contributed by atoms with Crippen molar-refractivity contribution in [2.45, 2.75) is 43.9 Å². The molecule has 0 radical (unpaired) electrons. The maximum absolute atomic E-state index is 12.3. The molecule has 1 aliphatic carbocycles.